The molecule has 1 aromatic rings. The van der Waals surface area contributed by atoms with Gasteiger partial charge in [0, 0.05) is 50.2 Å². The number of pyridine rings is 1. The zero-order chi connectivity index (χ0) is 13.2. The van der Waals surface area contributed by atoms with E-state index < -0.39 is 0 Å². The van der Waals surface area contributed by atoms with Gasteiger partial charge in [0.25, 0.3) is 0 Å². The maximum absolute atomic E-state index is 6.03. The van der Waals surface area contributed by atoms with Gasteiger partial charge in [-0.15, -0.1) is 0 Å². The predicted molar refractivity (Wildman–Crippen MR) is 76.9 cm³/mol. The van der Waals surface area contributed by atoms with Crippen LogP contribution in [0, 0.1) is 6.92 Å². The smallest absolute Gasteiger partial charge is 0.0486 e. The molecule has 0 radical (unpaired) electrons. The van der Waals surface area contributed by atoms with Crippen molar-refractivity contribution in [3.8, 4) is 0 Å². The third-order valence-electron chi connectivity index (χ3n) is 4.60. The van der Waals surface area contributed by atoms with Crippen molar-refractivity contribution in [2.45, 2.75) is 31.8 Å². The van der Waals surface area contributed by atoms with Crippen LogP contribution >= 0.6 is 0 Å². The number of rotatable bonds is 3. The van der Waals surface area contributed by atoms with Gasteiger partial charge in [0.05, 0.1) is 0 Å². The van der Waals surface area contributed by atoms with Crippen LogP contribution in [0.4, 0.5) is 0 Å². The van der Waals surface area contributed by atoms with Crippen LogP contribution in [0.15, 0.2) is 18.3 Å². The van der Waals surface area contributed by atoms with Crippen LogP contribution in [-0.2, 0) is 0 Å². The Hall–Kier alpha value is -0.970. The fourth-order valence-electron chi connectivity index (χ4n) is 3.47. The Morgan fingerprint density at radius 1 is 1.37 bits per heavy atom. The van der Waals surface area contributed by atoms with E-state index in [-0.39, 0.29) is 0 Å². The van der Waals surface area contributed by atoms with Crippen LogP contribution < -0.4 is 5.73 Å². The lowest BCUT2D eigenvalue weighted by Gasteiger charge is -2.41. The van der Waals surface area contributed by atoms with Crippen molar-refractivity contribution >= 4 is 0 Å². The van der Waals surface area contributed by atoms with E-state index in [0.717, 1.165) is 24.8 Å². The highest BCUT2D eigenvalue weighted by atomic mass is 15.3. The summed E-state index contributed by atoms with van der Waals surface area (Å²) in [6.07, 6.45) is 4.70. The molecule has 2 atom stereocenters. The molecule has 0 amide bonds. The van der Waals surface area contributed by atoms with Crippen LogP contribution in [0.2, 0.25) is 0 Å². The first-order chi connectivity index (χ1) is 9.28. The maximum Gasteiger partial charge on any atom is 0.0486 e. The van der Waals surface area contributed by atoms with E-state index in [9.17, 15) is 0 Å². The first-order valence-corrected chi connectivity index (χ1v) is 7.38. The Morgan fingerprint density at radius 2 is 2.26 bits per heavy atom. The number of hydrogen-bond acceptors (Lipinski definition) is 4. The van der Waals surface area contributed by atoms with Crippen molar-refractivity contribution in [3.05, 3.63) is 29.6 Å². The molecule has 2 aliphatic rings. The second-order valence-electron chi connectivity index (χ2n) is 5.81. The number of aromatic nitrogens is 1. The van der Waals surface area contributed by atoms with E-state index in [1.54, 1.807) is 0 Å². The van der Waals surface area contributed by atoms with Gasteiger partial charge >= 0.3 is 0 Å². The second-order valence-corrected chi connectivity index (χ2v) is 5.81. The summed E-state index contributed by atoms with van der Waals surface area (Å²) in [6, 6.07) is 5.35. The molecular formula is C15H24N4. The summed E-state index contributed by atoms with van der Waals surface area (Å²) in [6.45, 7) is 7.48. The fraction of sp³-hybridized carbons (Fsp3) is 0.667. The molecule has 0 aliphatic carbocycles. The largest absolute Gasteiger partial charge is 0.329 e. The Balaban J connectivity index is 1.73. The summed E-state index contributed by atoms with van der Waals surface area (Å²) in [5.74, 6) is 0. The summed E-state index contributed by atoms with van der Waals surface area (Å²) >= 11 is 0. The number of nitrogens with zero attached hydrogens (tertiary/aromatic N) is 3. The summed E-state index contributed by atoms with van der Waals surface area (Å²) in [4.78, 5) is 9.61. The van der Waals surface area contributed by atoms with Crippen molar-refractivity contribution in [1.29, 1.82) is 0 Å². The van der Waals surface area contributed by atoms with Crippen molar-refractivity contribution in [2.24, 2.45) is 5.73 Å². The molecule has 104 valence electrons. The van der Waals surface area contributed by atoms with Gasteiger partial charge in [-0.3, -0.25) is 14.8 Å². The van der Waals surface area contributed by atoms with Crippen LogP contribution in [0.1, 0.15) is 30.1 Å². The van der Waals surface area contributed by atoms with Gasteiger partial charge in [0.15, 0.2) is 0 Å². The molecule has 4 nitrogen and oxygen atoms in total. The lowest BCUT2D eigenvalue weighted by Crippen LogP contribution is -2.52. The molecule has 0 aromatic carbocycles. The Morgan fingerprint density at radius 3 is 3.00 bits per heavy atom. The van der Waals surface area contributed by atoms with Gasteiger partial charge in [-0.05, 0) is 37.9 Å². The van der Waals surface area contributed by atoms with E-state index in [0.29, 0.717) is 12.6 Å². The first kappa shape index (κ1) is 13.0. The third kappa shape index (κ3) is 2.66. The van der Waals surface area contributed by atoms with Gasteiger partial charge in [-0.1, -0.05) is 6.07 Å². The minimum absolute atomic E-state index is 0.329. The average molecular weight is 260 g/mol. The highest BCUT2D eigenvalue weighted by Gasteiger charge is 2.33. The molecule has 0 spiro atoms. The molecule has 3 rings (SSSR count). The first-order valence-electron chi connectivity index (χ1n) is 7.38. The molecule has 1 aromatic heterocycles. The lowest BCUT2D eigenvalue weighted by molar-refractivity contribution is 0.0736. The quantitative estimate of drug-likeness (QED) is 0.886. The van der Waals surface area contributed by atoms with E-state index in [4.69, 9.17) is 5.73 Å². The van der Waals surface area contributed by atoms with E-state index >= 15 is 0 Å². The molecule has 2 N–H and O–H groups in total. The number of nitrogens with two attached hydrogens (primary N) is 1. The van der Waals surface area contributed by atoms with Crippen LogP contribution in [0.25, 0.3) is 0 Å². The summed E-state index contributed by atoms with van der Waals surface area (Å²) in [5.41, 5.74) is 8.36. The average Bonchev–Trinajstić information content (AvgIpc) is 2.89. The SMILES string of the molecule is Cc1ccc(C(CN)N2CCN3CCCC3C2)cn1. The third-order valence-corrected chi connectivity index (χ3v) is 4.60. The molecule has 2 fully saturated rings. The predicted octanol–water partition coefficient (Wildman–Crippen LogP) is 1.17. The molecule has 2 aliphatic heterocycles. The fourth-order valence-corrected chi connectivity index (χ4v) is 3.47. The van der Waals surface area contributed by atoms with Crippen molar-refractivity contribution in [2.75, 3.05) is 32.7 Å². The highest BCUT2D eigenvalue weighted by molar-refractivity contribution is 5.18. The molecule has 2 saturated heterocycles. The van der Waals surface area contributed by atoms with E-state index in [1.807, 2.05) is 13.1 Å². The number of aryl methyl sites for hydroxylation is 1. The van der Waals surface area contributed by atoms with E-state index in [1.165, 1.54) is 31.5 Å². The summed E-state index contributed by atoms with van der Waals surface area (Å²) in [5, 5.41) is 0. The van der Waals surface area contributed by atoms with Gasteiger partial charge in [0.1, 0.15) is 0 Å². The maximum atomic E-state index is 6.03. The van der Waals surface area contributed by atoms with Gasteiger partial charge in [0.2, 0.25) is 0 Å². The van der Waals surface area contributed by atoms with Crippen molar-refractivity contribution in [1.82, 2.24) is 14.8 Å². The normalized spacial score (nSPS) is 26.3. The van der Waals surface area contributed by atoms with Crippen molar-refractivity contribution < 1.29 is 0 Å². The zero-order valence-electron chi connectivity index (χ0n) is 11.8. The van der Waals surface area contributed by atoms with Crippen LogP contribution in [-0.4, -0.2) is 53.5 Å². The number of hydrogen-bond donors (Lipinski definition) is 1. The summed E-state index contributed by atoms with van der Waals surface area (Å²) < 4.78 is 0. The number of fused-ring (bicyclic) bond motifs is 1. The molecule has 0 bridgehead atoms. The topological polar surface area (TPSA) is 45.4 Å². The Labute approximate surface area is 115 Å². The molecular weight excluding hydrogens is 236 g/mol. The Kier molecular flexibility index (Phi) is 3.82. The minimum Gasteiger partial charge on any atom is -0.329 e. The molecule has 0 saturated carbocycles. The standard InChI is InChI=1S/C15H24N4/c1-12-4-5-13(10-17-12)15(9-16)19-8-7-18-6-2-3-14(18)11-19/h4-5,10,14-15H,2-3,6-9,11,16H2,1H3. The highest BCUT2D eigenvalue weighted by Crippen LogP contribution is 2.27. The van der Waals surface area contributed by atoms with Gasteiger partial charge < -0.3 is 5.73 Å². The zero-order valence-corrected chi connectivity index (χ0v) is 11.8. The number of piperazine rings is 1. The molecule has 3 heterocycles. The van der Waals surface area contributed by atoms with Gasteiger partial charge in [-0.25, -0.2) is 0 Å². The molecule has 19 heavy (non-hydrogen) atoms. The minimum atomic E-state index is 0.329. The molecule has 2 unspecified atom stereocenters. The second kappa shape index (κ2) is 5.57. The lowest BCUT2D eigenvalue weighted by atomic mass is 10.0. The summed E-state index contributed by atoms with van der Waals surface area (Å²) in [7, 11) is 0. The van der Waals surface area contributed by atoms with Crippen LogP contribution in [0.5, 0.6) is 0 Å². The van der Waals surface area contributed by atoms with Crippen LogP contribution in [0.3, 0.4) is 0 Å². The van der Waals surface area contributed by atoms with Gasteiger partial charge in [-0.2, -0.15) is 0 Å². The Bertz CT molecular complexity index is 417. The van der Waals surface area contributed by atoms with E-state index in [2.05, 4.69) is 26.9 Å². The monoisotopic (exact) mass is 260 g/mol. The molecule has 4 heteroatoms. The van der Waals surface area contributed by atoms with Crippen molar-refractivity contribution in [3.63, 3.8) is 0 Å².